The molecule has 0 aromatic carbocycles. The van der Waals surface area contributed by atoms with Crippen LogP contribution in [-0.2, 0) is 4.74 Å². The van der Waals surface area contributed by atoms with Crippen molar-refractivity contribution in [1.82, 2.24) is 9.55 Å². The van der Waals surface area contributed by atoms with Crippen LogP contribution in [0.1, 0.15) is 39.5 Å². The first-order chi connectivity index (χ1) is 8.16. The molecule has 4 heteroatoms. The molecule has 4 nitrogen and oxygen atoms in total. The normalized spacial score (nSPS) is 24.9. The fraction of sp³-hybridized carbons (Fsp3) is 0.692. The van der Waals surface area contributed by atoms with Crippen LogP contribution >= 0.6 is 0 Å². The molecule has 1 aromatic rings. The van der Waals surface area contributed by atoms with Gasteiger partial charge in [-0.25, -0.2) is 14.3 Å². The number of carbonyl (C=O) groups is 1. The van der Waals surface area contributed by atoms with Gasteiger partial charge in [-0.2, -0.15) is 0 Å². The smallest absolute Gasteiger partial charge is 0.419 e. The van der Waals surface area contributed by atoms with Gasteiger partial charge in [-0.3, -0.25) is 0 Å². The summed E-state index contributed by atoms with van der Waals surface area (Å²) < 4.78 is 6.83. The van der Waals surface area contributed by atoms with Gasteiger partial charge in [0.15, 0.2) is 0 Å². The fourth-order valence-corrected chi connectivity index (χ4v) is 2.44. The van der Waals surface area contributed by atoms with E-state index in [4.69, 9.17) is 4.74 Å². The molecule has 0 radical (unpaired) electrons. The van der Waals surface area contributed by atoms with Crippen LogP contribution in [-0.4, -0.2) is 21.7 Å². The summed E-state index contributed by atoms with van der Waals surface area (Å²) in [6.07, 6.45) is 8.75. The lowest BCUT2D eigenvalue weighted by Crippen LogP contribution is -2.27. The molecule has 17 heavy (non-hydrogen) atoms. The van der Waals surface area contributed by atoms with Crippen molar-refractivity contribution < 1.29 is 9.53 Å². The molecule has 1 aliphatic rings. The molecular weight excluding hydrogens is 216 g/mol. The first-order valence-electron chi connectivity index (χ1n) is 6.35. The van der Waals surface area contributed by atoms with Gasteiger partial charge in [-0.1, -0.05) is 13.8 Å². The van der Waals surface area contributed by atoms with E-state index in [1.54, 1.807) is 12.4 Å². The van der Waals surface area contributed by atoms with E-state index in [0.29, 0.717) is 0 Å². The Morgan fingerprint density at radius 3 is 2.59 bits per heavy atom. The van der Waals surface area contributed by atoms with E-state index >= 15 is 0 Å². The lowest BCUT2D eigenvalue weighted by molar-refractivity contribution is 0.0590. The molecule has 1 aromatic heterocycles. The van der Waals surface area contributed by atoms with E-state index in [1.165, 1.54) is 23.7 Å². The van der Waals surface area contributed by atoms with E-state index in [-0.39, 0.29) is 12.2 Å². The minimum absolute atomic E-state index is 0.0832. The Morgan fingerprint density at radius 1 is 1.35 bits per heavy atom. The average molecular weight is 236 g/mol. The Labute approximate surface area is 102 Å². The molecule has 1 heterocycles. The van der Waals surface area contributed by atoms with E-state index in [2.05, 4.69) is 18.8 Å². The third-order valence-corrected chi connectivity index (χ3v) is 3.64. The summed E-state index contributed by atoms with van der Waals surface area (Å²) >= 11 is 0. The number of imidazole rings is 1. The highest BCUT2D eigenvalue weighted by atomic mass is 16.6. The molecule has 1 fully saturated rings. The zero-order chi connectivity index (χ0) is 12.3. The largest absolute Gasteiger partial charge is 0.446 e. The summed E-state index contributed by atoms with van der Waals surface area (Å²) in [6.45, 7) is 4.53. The standard InChI is InChI=1S/C13H20N2O2/c1-10(2)11-3-5-12(6-4-11)17-13(16)15-8-7-14-9-15/h7-12H,3-6H2,1-2H3. The van der Waals surface area contributed by atoms with Gasteiger partial charge in [-0.15, -0.1) is 0 Å². The quantitative estimate of drug-likeness (QED) is 0.792. The summed E-state index contributed by atoms with van der Waals surface area (Å²) in [6, 6.07) is 0. The molecule has 94 valence electrons. The van der Waals surface area contributed by atoms with E-state index in [0.717, 1.165) is 24.7 Å². The van der Waals surface area contributed by atoms with Gasteiger partial charge in [-0.05, 0) is 37.5 Å². The maximum absolute atomic E-state index is 11.7. The maximum atomic E-state index is 11.7. The van der Waals surface area contributed by atoms with Gasteiger partial charge in [0.1, 0.15) is 12.4 Å². The minimum Gasteiger partial charge on any atom is -0.446 e. The Morgan fingerprint density at radius 2 is 2.06 bits per heavy atom. The summed E-state index contributed by atoms with van der Waals surface area (Å²) in [5, 5.41) is 0. The van der Waals surface area contributed by atoms with Crippen molar-refractivity contribution in [2.24, 2.45) is 11.8 Å². The van der Waals surface area contributed by atoms with Crippen molar-refractivity contribution in [3.63, 3.8) is 0 Å². The topological polar surface area (TPSA) is 44.1 Å². The van der Waals surface area contributed by atoms with Crippen LogP contribution in [0, 0.1) is 11.8 Å². The van der Waals surface area contributed by atoms with Crippen LogP contribution in [0.2, 0.25) is 0 Å². The molecule has 0 N–H and O–H groups in total. The Balaban J connectivity index is 1.80. The van der Waals surface area contributed by atoms with Crippen molar-refractivity contribution in [2.75, 3.05) is 0 Å². The number of hydrogen-bond acceptors (Lipinski definition) is 3. The number of carbonyl (C=O) groups excluding carboxylic acids is 1. The lowest BCUT2D eigenvalue weighted by Gasteiger charge is -2.30. The van der Waals surface area contributed by atoms with E-state index < -0.39 is 0 Å². The highest BCUT2D eigenvalue weighted by Crippen LogP contribution is 2.31. The molecule has 1 saturated carbocycles. The van der Waals surface area contributed by atoms with Crippen LogP contribution in [0.15, 0.2) is 18.7 Å². The molecule has 2 rings (SSSR count). The second-order valence-corrected chi connectivity index (χ2v) is 5.13. The first-order valence-corrected chi connectivity index (χ1v) is 6.35. The van der Waals surface area contributed by atoms with Crippen LogP contribution in [0.25, 0.3) is 0 Å². The van der Waals surface area contributed by atoms with Gasteiger partial charge in [0.25, 0.3) is 0 Å². The summed E-state index contributed by atoms with van der Waals surface area (Å²) in [7, 11) is 0. The third-order valence-electron chi connectivity index (χ3n) is 3.64. The predicted molar refractivity (Wildman–Crippen MR) is 64.7 cm³/mol. The Hall–Kier alpha value is -1.32. The Kier molecular flexibility index (Phi) is 3.82. The highest BCUT2D eigenvalue weighted by Gasteiger charge is 2.25. The molecule has 1 aliphatic carbocycles. The van der Waals surface area contributed by atoms with E-state index in [1.807, 2.05) is 0 Å². The van der Waals surface area contributed by atoms with Gasteiger partial charge >= 0.3 is 6.09 Å². The Bertz CT molecular complexity index is 352. The molecule has 0 aliphatic heterocycles. The van der Waals surface area contributed by atoms with Gasteiger partial charge < -0.3 is 4.74 Å². The molecule has 0 unspecified atom stereocenters. The first kappa shape index (κ1) is 12.1. The maximum Gasteiger partial charge on any atom is 0.419 e. The molecule has 0 saturated heterocycles. The van der Waals surface area contributed by atoms with Crippen molar-refractivity contribution in [1.29, 1.82) is 0 Å². The summed E-state index contributed by atoms with van der Waals surface area (Å²) in [4.78, 5) is 15.5. The SMILES string of the molecule is CC(C)C1CCC(OC(=O)n2ccnc2)CC1. The monoisotopic (exact) mass is 236 g/mol. The molecule has 0 spiro atoms. The summed E-state index contributed by atoms with van der Waals surface area (Å²) in [5.74, 6) is 1.53. The highest BCUT2D eigenvalue weighted by molar-refractivity contribution is 5.70. The molecule has 0 atom stereocenters. The lowest BCUT2D eigenvalue weighted by atomic mass is 9.80. The van der Waals surface area contributed by atoms with E-state index in [9.17, 15) is 4.79 Å². The zero-order valence-electron chi connectivity index (χ0n) is 10.5. The zero-order valence-corrected chi connectivity index (χ0v) is 10.5. The van der Waals surface area contributed by atoms with Crippen LogP contribution in [0.4, 0.5) is 4.79 Å². The number of nitrogens with zero attached hydrogens (tertiary/aromatic N) is 2. The third kappa shape index (κ3) is 3.08. The predicted octanol–water partition coefficient (Wildman–Crippen LogP) is 3.08. The summed E-state index contributed by atoms with van der Waals surface area (Å²) in [5.41, 5.74) is 0. The van der Waals surface area contributed by atoms with Crippen molar-refractivity contribution in [2.45, 2.75) is 45.6 Å². The van der Waals surface area contributed by atoms with Crippen LogP contribution in [0.5, 0.6) is 0 Å². The van der Waals surface area contributed by atoms with Crippen LogP contribution < -0.4 is 0 Å². The minimum atomic E-state index is -0.310. The van der Waals surface area contributed by atoms with Crippen molar-refractivity contribution >= 4 is 6.09 Å². The van der Waals surface area contributed by atoms with Crippen LogP contribution in [0.3, 0.4) is 0 Å². The average Bonchev–Trinajstić information content (AvgIpc) is 2.83. The van der Waals surface area contributed by atoms with Crippen molar-refractivity contribution in [3.8, 4) is 0 Å². The number of aromatic nitrogens is 2. The number of hydrogen-bond donors (Lipinski definition) is 0. The molecular formula is C13H20N2O2. The van der Waals surface area contributed by atoms with Gasteiger partial charge in [0.05, 0.1) is 0 Å². The second-order valence-electron chi connectivity index (χ2n) is 5.13. The number of ether oxygens (including phenoxy) is 1. The fourth-order valence-electron chi connectivity index (χ4n) is 2.44. The van der Waals surface area contributed by atoms with Crippen molar-refractivity contribution in [3.05, 3.63) is 18.7 Å². The molecule has 0 bridgehead atoms. The number of rotatable bonds is 2. The molecule has 0 amide bonds. The van der Waals surface area contributed by atoms with Gasteiger partial charge in [0.2, 0.25) is 0 Å². The second kappa shape index (κ2) is 5.34. The van der Waals surface area contributed by atoms with Gasteiger partial charge in [0, 0.05) is 12.4 Å².